The van der Waals surface area contributed by atoms with Crippen molar-refractivity contribution in [2.75, 3.05) is 33.9 Å². The first kappa shape index (κ1) is 30.1. The number of carbonyl (C=O) groups excluding carboxylic acids is 1. The van der Waals surface area contributed by atoms with Gasteiger partial charge in [0.15, 0.2) is 0 Å². The fourth-order valence-corrected chi connectivity index (χ4v) is 6.36. The fraction of sp³-hybridized carbons (Fsp3) is 0.444. The summed E-state index contributed by atoms with van der Waals surface area (Å²) in [5.41, 5.74) is -0.495. The number of fused-ring (bicyclic) bond motifs is 1. The molecule has 2 N–H and O–H groups in total. The second-order valence-corrected chi connectivity index (χ2v) is 11.0. The van der Waals surface area contributed by atoms with Crippen LogP contribution < -0.4 is 16.0 Å². The van der Waals surface area contributed by atoms with Gasteiger partial charge < -0.3 is 19.8 Å². The van der Waals surface area contributed by atoms with E-state index in [9.17, 15) is 18.8 Å². The molecule has 1 aromatic carbocycles. The number of piperidine rings is 1. The summed E-state index contributed by atoms with van der Waals surface area (Å²) < 4.78 is 22.3. The molecule has 1 amide bonds. The molecule has 41 heavy (non-hydrogen) atoms. The Balaban J connectivity index is 0.000000909. The number of aliphatic hydroxyl groups excluding tert-OH is 2. The van der Waals surface area contributed by atoms with Gasteiger partial charge >= 0.3 is 5.69 Å². The van der Waals surface area contributed by atoms with Crippen molar-refractivity contribution in [3.05, 3.63) is 68.4 Å². The molecule has 1 aliphatic rings. The van der Waals surface area contributed by atoms with Crippen molar-refractivity contribution in [3.63, 3.8) is 0 Å². The molecule has 0 spiro atoms. The predicted octanol–water partition coefficient (Wildman–Crippen LogP) is 1.44. The number of nitrogens with zero attached hydrogens (tertiary/aromatic N) is 6. The average molecular weight is 589 g/mol. The van der Waals surface area contributed by atoms with Crippen molar-refractivity contribution in [3.8, 4) is 10.8 Å². The average Bonchev–Trinajstić information content (AvgIpc) is 3.59. The Morgan fingerprint density at radius 1 is 1.15 bits per heavy atom. The number of aliphatic hydroxyl groups is 2. The van der Waals surface area contributed by atoms with Crippen LogP contribution in [0.15, 0.2) is 40.2 Å². The van der Waals surface area contributed by atoms with E-state index in [1.807, 2.05) is 13.8 Å². The van der Waals surface area contributed by atoms with Gasteiger partial charge in [-0.05, 0) is 50.5 Å². The zero-order chi connectivity index (χ0) is 29.9. The first-order chi connectivity index (χ1) is 19.6. The topological polar surface area (TPSA) is 145 Å². The van der Waals surface area contributed by atoms with Crippen molar-refractivity contribution in [2.45, 2.75) is 45.2 Å². The highest BCUT2D eigenvalue weighted by Crippen LogP contribution is 2.33. The number of likely N-dealkylation sites (N-methyl/N-ethyl adjacent to an activating group) is 1. The van der Waals surface area contributed by atoms with Crippen LogP contribution in [0.3, 0.4) is 0 Å². The predicted molar refractivity (Wildman–Crippen MR) is 151 cm³/mol. The van der Waals surface area contributed by atoms with Crippen LogP contribution >= 0.6 is 11.3 Å². The Labute approximate surface area is 238 Å². The van der Waals surface area contributed by atoms with Crippen LogP contribution in [0.2, 0.25) is 0 Å². The molecule has 1 aliphatic heterocycles. The highest BCUT2D eigenvalue weighted by Gasteiger charge is 2.38. The fourth-order valence-electron chi connectivity index (χ4n) is 5.12. The van der Waals surface area contributed by atoms with E-state index < -0.39 is 22.6 Å². The lowest BCUT2D eigenvalue weighted by molar-refractivity contribution is -0.135. The molecule has 220 valence electrons. The summed E-state index contributed by atoms with van der Waals surface area (Å²) in [6.45, 7) is 3.82. The van der Waals surface area contributed by atoms with E-state index in [2.05, 4.69) is 10.2 Å². The number of likely N-dealkylation sites (tertiary alicyclic amines) is 1. The van der Waals surface area contributed by atoms with Gasteiger partial charge in [-0.2, -0.15) is 10.2 Å². The van der Waals surface area contributed by atoms with Crippen molar-refractivity contribution in [1.29, 1.82) is 0 Å². The summed E-state index contributed by atoms with van der Waals surface area (Å²) in [5, 5.41) is 24.7. The normalized spacial score (nSPS) is 17.0. The lowest BCUT2D eigenvalue weighted by atomic mass is 9.90. The lowest BCUT2D eigenvalue weighted by Crippen LogP contribution is -2.57. The molecular weight excluding hydrogens is 555 g/mol. The van der Waals surface area contributed by atoms with Crippen molar-refractivity contribution in [2.24, 2.45) is 0 Å². The number of halogens is 1. The number of aryl methyl sites for hydroxylation is 3. The first-order valence-electron chi connectivity index (χ1n) is 13.0. The number of benzene rings is 1. The summed E-state index contributed by atoms with van der Waals surface area (Å²) in [7, 11) is 3.18. The van der Waals surface area contributed by atoms with Crippen molar-refractivity contribution in [1.82, 2.24) is 29.0 Å². The van der Waals surface area contributed by atoms with Gasteiger partial charge in [0, 0.05) is 32.1 Å². The molecule has 1 fully saturated rings. The van der Waals surface area contributed by atoms with E-state index in [0.29, 0.717) is 44.9 Å². The number of methoxy groups -OCH3 is 1. The molecular formula is C27H33FN6O6S. The number of amides is 1. The third-order valence-electron chi connectivity index (χ3n) is 7.16. The summed E-state index contributed by atoms with van der Waals surface area (Å²) in [4.78, 5) is 43.7. The van der Waals surface area contributed by atoms with Gasteiger partial charge in [0.2, 0.25) is 5.91 Å². The molecule has 4 aromatic rings. The van der Waals surface area contributed by atoms with E-state index in [-0.39, 0.29) is 38.6 Å². The van der Waals surface area contributed by atoms with Gasteiger partial charge in [0.25, 0.3) is 5.56 Å². The number of rotatable bonds is 7. The number of hydrogen-bond acceptors (Lipinski definition) is 9. The zero-order valence-electron chi connectivity index (χ0n) is 23.3. The van der Waals surface area contributed by atoms with E-state index in [1.54, 1.807) is 35.0 Å². The molecule has 1 saturated heterocycles. The molecule has 14 heteroatoms. The van der Waals surface area contributed by atoms with Crippen LogP contribution in [0.4, 0.5) is 4.39 Å². The Hall–Kier alpha value is -3.88. The Kier molecular flexibility index (Phi) is 9.05. The summed E-state index contributed by atoms with van der Waals surface area (Å²) in [6.07, 6.45) is 3.99. The van der Waals surface area contributed by atoms with E-state index in [4.69, 9.17) is 14.9 Å². The second kappa shape index (κ2) is 12.3. The highest BCUT2D eigenvalue weighted by atomic mass is 32.1. The standard InChI is InChI=1S/C25H27FN6O4S.C2H6O2/c1-15-20-21(34)31(25(2)9-7-19(33)29(3)14-25)24(35)30(23(20)37-22(15)32-27-10-11-28-32)12-8-16-13-17(26)5-6-18(16)36-4;3-1-2-4/h5-6,10-11,13H,7-9,12,14H2,1-4H3;3-4H,1-2H2. The molecule has 1 atom stereocenters. The second-order valence-electron chi connectivity index (χ2n) is 10.0. The number of hydrogen-bond donors (Lipinski definition) is 2. The maximum absolute atomic E-state index is 14.0. The molecule has 4 heterocycles. The Morgan fingerprint density at radius 2 is 1.83 bits per heavy atom. The third kappa shape index (κ3) is 5.80. The van der Waals surface area contributed by atoms with Gasteiger partial charge in [0.1, 0.15) is 21.4 Å². The van der Waals surface area contributed by atoms with Crippen LogP contribution in [0, 0.1) is 12.7 Å². The van der Waals surface area contributed by atoms with Crippen LogP contribution in [-0.4, -0.2) is 79.1 Å². The molecule has 5 rings (SSSR count). The monoisotopic (exact) mass is 588 g/mol. The molecule has 0 radical (unpaired) electrons. The number of ether oxygens (including phenoxy) is 1. The molecule has 0 aliphatic carbocycles. The van der Waals surface area contributed by atoms with Crippen LogP contribution in [0.1, 0.15) is 30.9 Å². The maximum atomic E-state index is 14.0. The highest BCUT2D eigenvalue weighted by molar-refractivity contribution is 7.21. The molecule has 0 bridgehead atoms. The number of aromatic nitrogens is 5. The Bertz CT molecular complexity index is 1660. The van der Waals surface area contributed by atoms with Crippen molar-refractivity contribution < 1.29 is 24.1 Å². The maximum Gasteiger partial charge on any atom is 0.332 e. The van der Waals surface area contributed by atoms with Gasteiger partial charge in [-0.15, -0.1) is 4.80 Å². The van der Waals surface area contributed by atoms with E-state index >= 15 is 0 Å². The minimum atomic E-state index is -0.887. The smallest absolute Gasteiger partial charge is 0.332 e. The first-order valence-corrected chi connectivity index (χ1v) is 13.8. The van der Waals surface area contributed by atoms with E-state index in [0.717, 1.165) is 0 Å². The molecule has 0 saturated carbocycles. The lowest BCUT2D eigenvalue weighted by Gasteiger charge is -2.39. The van der Waals surface area contributed by atoms with Crippen LogP contribution in [-0.2, 0) is 23.3 Å². The Morgan fingerprint density at radius 3 is 2.44 bits per heavy atom. The van der Waals surface area contributed by atoms with E-state index in [1.165, 1.54) is 39.9 Å². The number of thiophene rings is 1. The SMILES string of the molecule is COc1ccc(F)cc1CCn1c(=O)n(C2(C)CCC(=O)N(C)C2)c(=O)c2c(C)c(-n3nccn3)sc21.OCCO. The molecule has 3 aromatic heterocycles. The third-order valence-corrected chi connectivity index (χ3v) is 8.44. The van der Waals surface area contributed by atoms with Crippen molar-refractivity contribution >= 4 is 27.5 Å². The summed E-state index contributed by atoms with van der Waals surface area (Å²) in [5.74, 6) is 0.0887. The minimum Gasteiger partial charge on any atom is -0.496 e. The van der Waals surface area contributed by atoms with Gasteiger partial charge in [-0.25, -0.2) is 9.18 Å². The van der Waals surface area contributed by atoms with Gasteiger partial charge in [-0.3, -0.25) is 18.7 Å². The van der Waals surface area contributed by atoms with Gasteiger partial charge in [-0.1, -0.05) is 11.3 Å². The summed E-state index contributed by atoms with van der Waals surface area (Å²) in [6, 6.07) is 4.26. The number of carbonyl (C=O) groups is 1. The quantitative estimate of drug-likeness (QED) is 0.330. The van der Waals surface area contributed by atoms with Gasteiger partial charge in [0.05, 0.1) is 43.6 Å². The summed E-state index contributed by atoms with van der Waals surface area (Å²) >= 11 is 1.26. The largest absolute Gasteiger partial charge is 0.496 e. The minimum absolute atomic E-state index is 0.0242. The molecule has 12 nitrogen and oxygen atoms in total. The van der Waals surface area contributed by atoms with Crippen LogP contribution in [0.5, 0.6) is 5.75 Å². The van der Waals surface area contributed by atoms with Crippen LogP contribution in [0.25, 0.3) is 15.2 Å². The zero-order valence-corrected chi connectivity index (χ0v) is 24.1. The molecule has 1 unspecified atom stereocenters.